The molecule has 0 spiro atoms. The molecule has 19 heavy (non-hydrogen) atoms. The number of hydrogen-bond donors (Lipinski definition) is 0. The highest BCUT2D eigenvalue weighted by Gasteiger charge is 2.37. The Bertz CT molecular complexity index is 532. The molecule has 0 aliphatic carbocycles. The van der Waals surface area contributed by atoms with Gasteiger partial charge < -0.3 is 4.90 Å². The van der Waals surface area contributed by atoms with Crippen molar-refractivity contribution >= 4 is 11.7 Å². The number of carbonyl (C=O) groups is 2. The first-order chi connectivity index (χ1) is 8.81. The zero-order valence-corrected chi connectivity index (χ0v) is 12.1. The summed E-state index contributed by atoms with van der Waals surface area (Å²) in [4.78, 5) is 26.1. The Balaban J connectivity index is 2.37. The molecular weight excluding hydrogens is 238 g/mol. The smallest absolute Gasteiger partial charge is 0.254 e. The zero-order chi connectivity index (χ0) is 14.2. The molecule has 0 aromatic heterocycles. The van der Waals surface area contributed by atoms with Crippen LogP contribution in [0.25, 0.3) is 0 Å². The maximum Gasteiger partial charge on any atom is 0.254 e. The lowest BCUT2D eigenvalue weighted by molar-refractivity contribution is -0.124. The molecule has 0 bridgehead atoms. The summed E-state index contributed by atoms with van der Waals surface area (Å²) >= 11 is 0. The van der Waals surface area contributed by atoms with E-state index in [1.165, 1.54) is 0 Å². The summed E-state index contributed by atoms with van der Waals surface area (Å²) in [5.74, 6) is 0.122. The van der Waals surface area contributed by atoms with Crippen LogP contribution in [0.4, 0.5) is 0 Å². The summed E-state index contributed by atoms with van der Waals surface area (Å²) in [5.41, 5.74) is 2.49. The van der Waals surface area contributed by atoms with E-state index in [4.69, 9.17) is 0 Å². The molecule has 102 valence electrons. The van der Waals surface area contributed by atoms with Crippen LogP contribution in [-0.2, 0) is 4.79 Å². The van der Waals surface area contributed by atoms with Crippen molar-refractivity contribution in [3.63, 3.8) is 0 Å². The molecule has 0 unspecified atom stereocenters. The van der Waals surface area contributed by atoms with Gasteiger partial charge in [-0.2, -0.15) is 0 Å². The fourth-order valence-electron chi connectivity index (χ4n) is 2.51. The van der Waals surface area contributed by atoms with Crippen molar-refractivity contribution in [2.45, 2.75) is 46.1 Å². The molecule has 1 aliphatic heterocycles. The van der Waals surface area contributed by atoms with Gasteiger partial charge in [0.1, 0.15) is 0 Å². The highest BCUT2D eigenvalue weighted by molar-refractivity contribution is 5.99. The Morgan fingerprint density at radius 2 is 1.95 bits per heavy atom. The monoisotopic (exact) mass is 259 g/mol. The van der Waals surface area contributed by atoms with Crippen LogP contribution < -0.4 is 0 Å². The lowest BCUT2D eigenvalue weighted by atomic mass is 9.88. The predicted molar refractivity (Wildman–Crippen MR) is 75.3 cm³/mol. The topological polar surface area (TPSA) is 37.4 Å². The Morgan fingerprint density at radius 3 is 2.63 bits per heavy atom. The Labute approximate surface area is 114 Å². The minimum Gasteiger partial charge on any atom is -0.326 e. The molecule has 0 N–H and O–H groups in total. The van der Waals surface area contributed by atoms with E-state index in [0.717, 1.165) is 17.5 Å². The number of hydrogen-bond acceptors (Lipinski definition) is 2. The first kappa shape index (κ1) is 13.8. The Hall–Kier alpha value is -1.64. The van der Waals surface area contributed by atoms with E-state index in [2.05, 4.69) is 0 Å². The second-order valence-corrected chi connectivity index (χ2v) is 6.06. The van der Waals surface area contributed by atoms with Crippen molar-refractivity contribution in [2.24, 2.45) is 0 Å². The quantitative estimate of drug-likeness (QED) is 0.777. The van der Waals surface area contributed by atoms with Crippen LogP contribution in [0.15, 0.2) is 18.2 Å². The fourth-order valence-corrected chi connectivity index (χ4v) is 2.51. The number of rotatable bonds is 1. The standard InChI is InChI=1S/C16H21NO2/c1-11-5-6-12(2)14(9-11)15(19)17-10-13(18)7-8-16(17,3)4/h5-6,9H,7-8,10H2,1-4H3. The first-order valence-electron chi connectivity index (χ1n) is 6.72. The van der Waals surface area contributed by atoms with Gasteiger partial charge in [-0.3, -0.25) is 9.59 Å². The highest BCUT2D eigenvalue weighted by atomic mass is 16.2. The molecule has 3 nitrogen and oxygen atoms in total. The first-order valence-corrected chi connectivity index (χ1v) is 6.72. The third-order valence-corrected chi connectivity index (χ3v) is 3.95. The summed E-state index contributed by atoms with van der Waals surface area (Å²) in [6.45, 7) is 8.21. The molecule has 0 saturated carbocycles. The molecule has 1 fully saturated rings. The maximum absolute atomic E-state index is 12.7. The van der Waals surface area contributed by atoms with E-state index < -0.39 is 0 Å². The van der Waals surface area contributed by atoms with Gasteiger partial charge >= 0.3 is 0 Å². The van der Waals surface area contributed by atoms with Gasteiger partial charge in [0, 0.05) is 17.5 Å². The van der Waals surface area contributed by atoms with Crippen molar-refractivity contribution in [1.82, 2.24) is 4.90 Å². The molecule has 3 heteroatoms. The van der Waals surface area contributed by atoms with E-state index in [0.29, 0.717) is 12.0 Å². The van der Waals surface area contributed by atoms with Crippen LogP contribution >= 0.6 is 0 Å². The fraction of sp³-hybridized carbons (Fsp3) is 0.500. The normalized spacial score (nSPS) is 18.5. The lowest BCUT2D eigenvalue weighted by Gasteiger charge is -2.42. The van der Waals surface area contributed by atoms with E-state index in [1.54, 1.807) is 4.90 Å². The second kappa shape index (κ2) is 4.80. The molecule has 0 radical (unpaired) electrons. The summed E-state index contributed by atoms with van der Waals surface area (Å²) in [7, 11) is 0. The van der Waals surface area contributed by atoms with Gasteiger partial charge in [0.2, 0.25) is 0 Å². The molecule has 1 saturated heterocycles. The third kappa shape index (κ3) is 2.70. The van der Waals surface area contributed by atoms with Crippen molar-refractivity contribution < 1.29 is 9.59 Å². The number of aryl methyl sites for hydroxylation is 2. The van der Waals surface area contributed by atoms with Crippen LogP contribution in [0.2, 0.25) is 0 Å². The van der Waals surface area contributed by atoms with Crippen LogP contribution in [0.5, 0.6) is 0 Å². The molecule has 1 aliphatic rings. The average molecular weight is 259 g/mol. The number of nitrogens with zero attached hydrogens (tertiary/aromatic N) is 1. The second-order valence-electron chi connectivity index (χ2n) is 6.06. The van der Waals surface area contributed by atoms with E-state index in [-0.39, 0.29) is 23.8 Å². The van der Waals surface area contributed by atoms with Gasteiger partial charge in [0.05, 0.1) is 6.54 Å². The maximum atomic E-state index is 12.7. The number of ketones is 1. The molecule has 1 aromatic rings. The zero-order valence-electron chi connectivity index (χ0n) is 12.1. The number of benzene rings is 1. The minimum atomic E-state index is -0.249. The molecule has 1 amide bonds. The van der Waals surface area contributed by atoms with Crippen LogP contribution in [0, 0.1) is 13.8 Å². The summed E-state index contributed by atoms with van der Waals surface area (Å²) in [5, 5.41) is 0. The van der Waals surface area contributed by atoms with Gasteiger partial charge in [-0.25, -0.2) is 0 Å². The van der Waals surface area contributed by atoms with Crippen molar-refractivity contribution in [3.05, 3.63) is 34.9 Å². The number of carbonyl (C=O) groups excluding carboxylic acids is 2. The lowest BCUT2D eigenvalue weighted by Crippen LogP contribution is -2.53. The van der Waals surface area contributed by atoms with Gasteiger partial charge in [-0.05, 0) is 45.7 Å². The van der Waals surface area contributed by atoms with Gasteiger partial charge in [-0.15, -0.1) is 0 Å². The van der Waals surface area contributed by atoms with E-state index in [9.17, 15) is 9.59 Å². The average Bonchev–Trinajstić information content (AvgIpc) is 2.34. The summed E-state index contributed by atoms with van der Waals surface area (Å²) in [6.07, 6.45) is 1.31. The largest absolute Gasteiger partial charge is 0.326 e. The number of piperidine rings is 1. The minimum absolute atomic E-state index is 0.0285. The van der Waals surface area contributed by atoms with Gasteiger partial charge in [0.25, 0.3) is 5.91 Å². The highest BCUT2D eigenvalue weighted by Crippen LogP contribution is 2.28. The number of amides is 1. The molecule has 2 rings (SSSR count). The molecule has 0 atom stereocenters. The Morgan fingerprint density at radius 1 is 1.26 bits per heavy atom. The SMILES string of the molecule is Cc1ccc(C)c(C(=O)N2CC(=O)CCC2(C)C)c1. The van der Waals surface area contributed by atoms with Gasteiger partial charge in [0.15, 0.2) is 5.78 Å². The molecular formula is C16H21NO2. The van der Waals surface area contributed by atoms with Crippen LogP contribution in [-0.4, -0.2) is 28.7 Å². The van der Waals surface area contributed by atoms with E-state index >= 15 is 0 Å². The van der Waals surface area contributed by atoms with Crippen molar-refractivity contribution in [3.8, 4) is 0 Å². The number of Topliss-reactive ketones (excluding diaryl/α,β-unsaturated/α-hetero) is 1. The Kier molecular flexibility index (Phi) is 3.48. The van der Waals surface area contributed by atoms with Crippen molar-refractivity contribution in [2.75, 3.05) is 6.54 Å². The van der Waals surface area contributed by atoms with Gasteiger partial charge in [-0.1, -0.05) is 17.7 Å². The summed E-state index contributed by atoms with van der Waals surface area (Å²) < 4.78 is 0. The van der Waals surface area contributed by atoms with Crippen LogP contribution in [0.3, 0.4) is 0 Å². The third-order valence-electron chi connectivity index (χ3n) is 3.95. The number of likely N-dealkylation sites (tertiary alicyclic amines) is 1. The predicted octanol–water partition coefficient (Wildman–Crippen LogP) is 2.89. The molecule has 1 aromatic carbocycles. The summed E-state index contributed by atoms with van der Waals surface area (Å²) in [6, 6.07) is 5.87. The van der Waals surface area contributed by atoms with Crippen LogP contribution in [0.1, 0.15) is 48.2 Å². The van der Waals surface area contributed by atoms with E-state index in [1.807, 2.05) is 45.9 Å². The van der Waals surface area contributed by atoms with Crippen molar-refractivity contribution in [1.29, 1.82) is 0 Å². The molecule has 1 heterocycles.